The number of aryl methyl sites for hydroxylation is 1. The summed E-state index contributed by atoms with van der Waals surface area (Å²) in [7, 11) is 0. The van der Waals surface area contributed by atoms with Gasteiger partial charge in [0, 0.05) is 23.7 Å². The SMILES string of the molecule is Cc1ccc(C(=O)NCc2cnc3ccccc3c2)cc1. The molecule has 0 atom stereocenters. The van der Waals surface area contributed by atoms with Gasteiger partial charge >= 0.3 is 0 Å². The van der Waals surface area contributed by atoms with Crippen LogP contribution in [-0.4, -0.2) is 10.9 Å². The molecule has 0 radical (unpaired) electrons. The van der Waals surface area contributed by atoms with Crippen LogP contribution in [0.2, 0.25) is 0 Å². The van der Waals surface area contributed by atoms with Crippen LogP contribution in [-0.2, 0) is 6.54 Å². The quantitative estimate of drug-likeness (QED) is 0.796. The van der Waals surface area contributed by atoms with E-state index in [9.17, 15) is 4.79 Å². The van der Waals surface area contributed by atoms with Crippen molar-refractivity contribution in [3.8, 4) is 0 Å². The van der Waals surface area contributed by atoms with Crippen molar-refractivity contribution in [2.75, 3.05) is 0 Å². The van der Waals surface area contributed by atoms with E-state index in [0.717, 1.165) is 22.0 Å². The highest BCUT2D eigenvalue weighted by Gasteiger charge is 2.05. The summed E-state index contributed by atoms with van der Waals surface area (Å²) in [5.74, 6) is -0.0665. The second-order valence-corrected chi connectivity index (χ2v) is 5.08. The van der Waals surface area contributed by atoms with Crippen molar-refractivity contribution in [2.24, 2.45) is 0 Å². The third-order valence-corrected chi connectivity index (χ3v) is 3.41. The van der Waals surface area contributed by atoms with E-state index in [2.05, 4.69) is 16.4 Å². The van der Waals surface area contributed by atoms with Crippen LogP contribution in [0.4, 0.5) is 0 Å². The first-order valence-corrected chi connectivity index (χ1v) is 6.91. The summed E-state index contributed by atoms with van der Waals surface area (Å²) in [6.45, 7) is 2.48. The van der Waals surface area contributed by atoms with E-state index in [1.165, 1.54) is 0 Å². The van der Waals surface area contributed by atoms with Gasteiger partial charge in [-0.05, 0) is 36.8 Å². The van der Waals surface area contributed by atoms with Crippen molar-refractivity contribution in [3.05, 3.63) is 77.5 Å². The number of carbonyl (C=O) groups excluding carboxylic acids is 1. The first-order valence-electron chi connectivity index (χ1n) is 6.91. The monoisotopic (exact) mass is 276 g/mol. The number of nitrogens with one attached hydrogen (secondary N) is 1. The van der Waals surface area contributed by atoms with Crippen molar-refractivity contribution in [2.45, 2.75) is 13.5 Å². The second kappa shape index (κ2) is 5.75. The minimum Gasteiger partial charge on any atom is -0.348 e. The Kier molecular flexibility index (Phi) is 3.65. The van der Waals surface area contributed by atoms with Gasteiger partial charge in [-0.1, -0.05) is 35.9 Å². The minimum atomic E-state index is -0.0665. The molecule has 1 heterocycles. The van der Waals surface area contributed by atoms with Crippen LogP contribution in [0, 0.1) is 6.92 Å². The largest absolute Gasteiger partial charge is 0.348 e. The van der Waals surface area contributed by atoms with E-state index in [1.807, 2.05) is 55.5 Å². The molecular weight excluding hydrogens is 260 g/mol. The van der Waals surface area contributed by atoms with Gasteiger partial charge in [0.25, 0.3) is 5.91 Å². The van der Waals surface area contributed by atoms with Gasteiger partial charge in [0.1, 0.15) is 0 Å². The molecule has 0 saturated heterocycles. The van der Waals surface area contributed by atoms with Gasteiger partial charge in [-0.15, -0.1) is 0 Å². The Labute approximate surface area is 123 Å². The lowest BCUT2D eigenvalue weighted by Crippen LogP contribution is -2.22. The highest BCUT2D eigenvalue weighted by Crippen LogP contribution is 2.12. The number of aromatic nitrogens is 1. The lowest BCUT2D eigenvalue weighted by Gasteiger charge is -2.06. The third-order valence-electron chi connectivity index (χ3n) is 3.41. The molecule has 0 unspecified atom stereocenters. The molecule has 1 aromatic heterocycles. The third kappa shape index (κ3) is 3.08. The molecule has 0 aliphatic heterocycles. The Balaban J connectivity index is 1.71. The Hall–Kier alpha value is -2.68. The zero-order chi connectivity index (χ0) is 14.7. The zero-order valence-corrected chi connectivity index (χ0v) is 11.8. The number of amides is 1. The van der Waals surface area contributed by atoms with Crippen LogP contribution in [0.15, 0.2) is 60.8 Å². The topological polar surface area (TPSA) is 42.0 Å². The Morgan fingerprint density at radius 1 is 1.10 bits per heavy atom. The van der Waals surface area contributed by atoms with Crippen molar-refractivity contribution < 1.29 is 4.79 Å². The maximum absolute atomic E-state index is 12.1. The Bertz CT molecular complexity index is 779. The predicted octanol–water partition coefficient (Wildman–Crippen LogP) is 3.47. The lowest BCUT2D eigenvalue weighted by molar-refractivity contribution is 0.0951. The maximum atomic E-state index is 12.1. The summed E-state index contributed by atoms with van der Waals surface area (Å²) >= 11 is 0. The molecule has 21 heavy (non-hydrogen) atoms. The highest BCUT2D eigenvalue weighted by molar-refractivity contribution is 5.94. The average Bonchev–Trinajstić information content (AvgIpc) is 2.53. The zero-order valence-electron chi connectivity index (χ0n) is 11.8. The van der Waals surface area contributed by atoms with E-state index in [-0.39, 0.29) is 5.91 Å². The van der Waals surface area contributed by atoms with E-state index >= 15 is 0 Å². The molecule has 0 spiro atoms. The van der Waals surface area contributed by atoms with E-state index in [1.54, 1.807) is 6.20 Å². The molecule has 1 N–H and O–H groups in total. The van der Waals surface area contributed by atoms with Crippen LogP contribution < -0.4 is 5.32 Å². The molecule has 3 aromatic rings. The molecule has 3 nitrogen and oxygen atoms in total. The fourth-order valence-electron chi connectivity index (χ4n) is 2.20. The molecule has 0 aliphatic carbocycles. The first kappa shape index (κ1) is 13.3. The molecule has 0 aliphatic rings. The Morgan fingerprint density at radius 2 is 1.86 bits per heavy atom. The summed E-state index contributed by atoms with van der Waals surface area (Å²) in [5, 5.41) is 4.00. The first-order chi connectivity index (χ1) is 10.2. The highest BCUT2D eigenvalue weighted by atomic mass is 16.1. The van der Waals surface area contributed by atoms with Crippen LogP contribution in [0.1, 0.15) is 21.5 Å². The van der Waals surface area contributed by atoms with Crippen molar-refractivity contribution in [3.63, 3.8) is 0 Å². The predicted molar refractivity (Wildman–Crippen MR) is 84.1 cm³/mol. The Morgan fingerprint density at radius 3 is 2.67 bits per heavy atom. The van der Waals surface area contributed by atoms with Crippen LogP contribution in [0.25, 0.3) is 10.9 Å². The molecule has 0 fully saturated rings. The van der Waals surface area contributed by atoms with E-state index in [4.69, 9.17) is 0 Å². The molecule has 2 aromatic carbocycles. The summed E-state index contributed by atoms with van der Waals surface area (Å²) in [6.07, 6.45) is 1.80. The number of pyridine rings is 1. The molecule has 0 saturated carbocycles. The number of carbonyl (C=O) groups is 1. The molecular formula is C18H16N2O. The number of benzene rings is 2. The molecule has 104 valence electrons. The normalized spacial score (nSPS) is 10.5. The number of hydrogen-bond acceptors (Lipinski definition) is 2. The van der Waals surface area contributed by atoms with Crippen LogP contribution in [0.3, 0.4) is 0 Å². The van der Waals surface area contributed by atoms with Gasteiger partial charge in [0.2, 0.25) is 0 Å². The van der Waals surface area contributed by atoms with Gasteiger partial charge in [0.05, 0.1) is 5.52 Å². The maximum Gasteiger partial charge on any atom is 0.251 e. The van der Waals surface area contributed by atoms with E-state index < -0.39 is 0 Å². The number of fused-ring (bicyclic) bond motifs is 1. The summed E-state index contributed by atoms with van der Waals surface area (Å²) < 4.78 is 0. The van der Waals surface area contributed by atoms with Crippen LogP contribution in [0.5, 0.6) is 0 Å². The smallest absolute Gasteiger partial charge is 0.251 e. The minimum absolute atomic E-state index is 0.0665. The summed E-state index contributed by atoms with van der Waals surface area (Å²) in [6, 6.07) is 17.5. The fourth-order valence-corrected chi connectivity index (χ4v) is 2.20. The van der Waals surface area contributed by atoms with Gasteiger partial charge in [-0.2, -0.15) is 0 Å². The molecule has 1 amide bonds. The number of hydrogen-bond donors (Lipinski definition) is 1. The summed E-state index contributed by atoms with van der Waals surface area (Å²) in [4.78, 5) is 16.5. The fraction of sp³-hybridized carbons (Fsp3) is 0.111. The van der Waals surface area contributed by atoms with E-state index in [0.29, 0.717) is 12.1 Å². The van der Waals surface area contributed by atoms with Crippen molar-refractivity contribution in [1.82, 2.24) is 10.3 Å². The number of nitrogens with zero attached hydrogens (tertiary/aromatic N) is 1. The van der Waals surface area contributed by atoms with Gasteiger partial charge in [0.15, 0.2) is 0 Å². The van der Waals surface area contributed by atoms with Gasteiger partial charge < -0.3 is 5.32 Å². The number of rotatable bonds is 3. The van der Waals surface area contributed by atoms with Gasteiger partial charge in [-0.25, -0.2) is 0 Å². The lowest BCUT2D eigenvalue weighted by atomic mass is 10.1. The molecule has 3 heteroatoms. The standard InChI is InChI=1S/C18H16N2O/c1-13-6-8-15(9-7-13)18(21)20-12-14-10-16-4-2-3-5-17(16)19-11-14/h2-11H,12H2,1H3,(H,20,21). The second-order valence-electron chi connectivity index (χ2n) is 5.08. The van der Waals surface area contributed by atoms with Crippen molar-refractivity contribution >= 4 is 16.8 Å². The average molecular weight is 276 g/mol. The summed E-state index contributed by atoms with van der Waals surface area (Å²) in [5.41, 5.74) is 3.78. The molecule has 0 bridgehead atoms. The van der Waals surface area contributed by atoms with Gasteiger partial charge in [-0.3, -0.25) is 9.78 Å². The molecule has 3 rings (SSSR count). The van der Waals surface area contributed by atoms with Crippen LogP contribution >= 0.6 is 0 Å². The van der Waals surface area contributed by atoms with Crippen molar-refractivity contribution in [1.29, 1.82) is 0 Å². The number of para-hydroxylation sites is 1.